The van der Waals surface area contributed by atoms with Crippen molar-refractivity contribution in [3.05, 3.63) is 23.8 Å². The monoisotopic (exact) mass is 245 g/mol. The van der Waals surface area contributed by atoms with Gasteiger partial charge in [0.15, 0.2) is 0 Å². The van der Waals surface area contributed by atoms with Crippen LogP contribution < -0.4 is 0 Å². The van der Waals surface area contributed by atoms with Crippen molar-refractivity contribution in [2.45, 2.75) is 32.7 Å². The zero-order valence-electron chi connectivity index (χ0n) is 10.4. The molecule has 0 radical (unpaired) electrons. The van der Waals surface area contributed by atoms with Gasteiger partial charge in [-0.2, -0.15) is 0 Å². The van der Waals surface area contributed by atoms with Crippen LogP contribution in [0.2, 0.25) is 0 Å². The maximum Gasteiger partial charge on any atom is 0.337 e. The van der Waals surface area contributed by atoms with Crippen molar-refractivity contribution in [1.82, 2.24) is 15.0 Å². The molecular weight excluding hydrogens is 230 g/mol. The lowest BCUT2D eigenvalue weighted by Crippen LogP contribution is -2.34. The van der Waals surface area contributed by atoms with E-state index >= 15 is 0 Å². The van der Waals surface area contributed by atoms with E-state index in [2.05, 4.69) is 24.2 Å². The van der Waals surface area contributed by atoms with E-state index in [0.29, 0.717) is 16.4 Å². The van der Waals surface area contributed by atoms with E-state index in [0.717, 1.165) is 12.8 Å². The van der Waals surface area contributed by atoms with E-state index in [1.807, 2.05) is 0 Å². The first kappa shape index (κ1) is 11.2. The average molecular weight is 245 g/mol. The van der Waals surface area contributed by atoms with Gasteiger partial charge in [-0.1, -0.05) is 25.1 Å². The van der Waals surface area contributed by atoms with Crippen LogP contribution in [0.4, 0.5) is 0 Å². The van der Waals surface area contributed by atoms with Crippen LogP contribution in [0.25, 0.3) is 11.0 Å². The maximum atomic E-state index is 11.3. The molecule has 5 heteroatoms. The topological polar surface area (TPSA) is 68.0 Å². The Balaban J connectivity index is 2.11. The SMILES string of the molecule is CC1(C)CC(n2nnc3cccc(C(=O)O)c32)C1. The van der Waals surface area contributed by atoms with Crippen molar-refractivity contribution >= 4 is 17.0 Å². The first-order chi connectivity index (χ1) is 8.48. The van der Waals surface area contributed by atoms with Gasteiger partial charge in [0.05, 0.1) is 11.6 Å². The van der Waals surface area contributed by atoms with E-state index < -0.39 is 5.97 Å². The highest BCUT2D eigenvalue weighted by Gasteiger charge is 2.38. The van der Waals surface area contributed by atoms with Gasteiger partial charge in [0.25, 0.3) is 0 Å². The fraction of sp³-hybridized carbons (Fsp3) is 0.462. The third kappa shape index (κ3) is 1.58. The van der Waals surface area contributed by atoms with E-state index in [1.54, 1.807) is 22.9 Å². The van der Waals surface area contributed by atoms with Gasteiger partial charge in [-0.25, -0.2) is 9.48 Å². The molecule has 1 aliphatic carbocycles. The predicted molar refractivity (Wildman–Crippen MR) is 66.5 cm³/mol. The smallest absolute Gasteiger partial charge is 0.337 e. The van der Waals surface area contributed by atoms with Crippen LogP contribution in [0.15, 0.2) is 18.2 Å². The Hall–Kier alpha value is -1.91. The summed E-state index contributed by atoms with van der Waals surface area (Å²) in [6, 6.07) is 5.38. The van der Waals surface area contributed by atoms with Crippen LogP contribution in [0.1, 0.15) is 43.1 Å². The van der Waals surface area contributed by atoms with Gasteiger partial charge in [0.2, 0.25) is 0 Å². The Morgan fingerprint density at radius 3 is 2.78 bits per heavy atom. The number of hydrogen-bond donors (Lipinski definition) is 1. The second-order valence-corrected chi connectivity index (χ2v) is 5.74. The predicted octanol–water partition coefficient (Wildman–Crippen LogP) is 2.49. The lowest BCUT2D eigenvalue weighted by molar-refractivity contribution is 0.0696. The third-order valence-electron chi connectivity index (χ3n) is 3.65. The molecule has 5 nitrogen and oxygen atoms in total. The Morgan fingerprint density at radius 2 is 2.17 bits per heavy atom. The zero-order chi connectivity index (χ0) is 12.9. The molecule has 0 unspecified atom stereocenters. The summed E-state index contributed by atoms with van der Waals surface area (Å²) in [7, 11) is 0. The number of carbonyl (C=O) groups is 1. The van der Waals surface area contributed by atoms with Gasteiger partial charge in [-0.3, -0.25) is 0 Å². The van der Waals surface area contributed by atoms with Crippen LogP contribution in [-0.2, 0) is 0 Å². The highest BCUT2D eigenvalue weighted by atomic mass is 16.4. The molecule has 18 heavy (non-hydrogen) atoms. The summed E-state index contributed by atoms with van der Waals surface area (Å²) in [6.07, 6.45) is 2.03. The maximum absolute atomic E-state index is 11.3. The van der Waals surface area contributed by atoms with Crippen molar-refractivity contribution in [2.24, 2.45) is 5.41 Å². The van der Waals surface area contributed by atoms with Gasteiger partial charge in [-0.15, -0.1) is 5.10 Å². The molecular formula is C13H15N3O2. The summed E-state index contributed by atoms with van der Waals surface area (Å²) in [5, 5.41) is 17.4. The van der Waals surface area contributed by atoms with Gasteiger partial charge in [-0.05, 0) is 30.4 Å². The fourth-order valence-electron chi connectivity index (χ4n) is 2.81. The lowest BCUT2D eigenvalue weighted by atomic mass is 9.68. The Bertz CT molecular complexity index is 622. The number of rotatable bonds is 2. The summed E-state index contributed by atoms with van der Waals surface area (Å²) < 4.78 is 1.78. The molecule has 0 aliphatic heterocycles. The average Bonchev–Trinajstić information content (AvgIpc) is 2.68. The second-order valence-electron chi connectivity index (χ2n) is 5.74. The molecule has 3 rings (SSSR count). The number of nitrogens with zero attached hydrogens (tertiary/aromatic N) is 3. The molecule has 0 saturated heterocycles. The zero-order valence-corrected chi connectivity index (χ0v) is 10.4. The highest BCUT2D eigenvalue weighted by Crippen LogP contribution is 2.48. The van der Waals surface area contributed by atoms with E-state index in [1.165, 1.54) is 0 Å². The van der Waals surface area contributed by atoms with Crippen LogP contribution in [0.3, 0.4) is 0 Å². The number of benzene rings is 1. The first-order valence-corrected chi connectivity index (χ1v) is 6.05. The summed E-state index contributed by atoms with van der Waals surface area (Å²) >= 11 is 0. The van der Waals surface area contributed by atoms with E-state index in [-0.39, 0.29) is 11.6 Å². The van der Waals surface area contributed by atoms with Crippen LogP contribution in [-0.4, -0.2) is 26.1 Å². The number of hydrogen-bond acceptors (Lipinski definition) is 3. The van der Waals surface area contributed by atoms with Crippen molar-refractivity contribution in [3.63, 3.8) is 0 Å². The highest BCUT2D eigenvalue weighted by molar-refractivity contribution is 6.00. The standard InChI is InChI=1S/C13H15N3O2/c1-13(2)6-8(7-13)16-11-9(12(17)18)4-3-5-10(11)14-15-16/h3-5,8H,6-7H2,1-2H3,(H,17,18). The van der Waals surface area contributed by atoms with Crippen molar-refractivity contribution in [3.8, 4) is 0 Å². The summed E-state index contributed by atoms with van der Waals surface area (Å²) in [5.41, 5.74) is 1.90. The van der Waals surface area contributed by atoms with Crippen LogP contribution in [0.5, 0.6) is 0 Å². The number of fused-ring (bicyclic) bond motifs is 1. The number of para-hydroxylation sites is 1. The van der Waals surface area contributed by atoms with Crippen LogP contribution in [0, 0.1) is 5.41 Å². The van der Waals surface area contributed by atoms with E-state index in [9.17, 15) is 9.90 Å². The Morgan fingerprint density at radius 1 is 1.44 bits per heavy atom. The molecule has 94 valence electrons. The molecule has 1 aliphatic rings. The molecule has 1 aromatic carbocycles. The Labute approximate surface area is 104 Å². The molecule has 1 heterocycles. The largest absolute Gasteiger partial charge is 0.478 e. The second kappa shape index (κ2) is 3.54. The summed E-state index contributed by atoms with van der Waals surface area (Å²) in [4.78, 5) is 11.3. The molecule has 1 fully saturated rings. The van der Waals surface area contributed by atoms with Crippen LogP contribution >= 0.6 is 0 Å². The molecule has 0 bridgehead atoms. The van der Waals surface area contributed by atoms with Gasteiger partial charge < -0.3 is 5.11 Å². The summed E-state index contributed by atoms with van der Waals surface area (Å²) in [5.74, 6) is -0.928. The number of aromatic carboxylic acids is 1. The van der Waals surface area contributed by atoms with Gasteiger partial charge >= 0.3 is 5.97 Å². The molecule has 0 atom stereocenters. The number of carboxylic acid groups (broad SMARTS) is 1. The molecule has 1 saturated carbocycles. The quantitative estimate of drug-likeness (QED) is 0.882. The minimum Gasteiger partial charge on any atom is -0.478 e. The minimum absolute atomic E-state index is 0.269. The van der Waals surface area contributed by atoms with Crippen molar-refractivity contribution in [2.75, 3.05) is 0 Å². The van der Waals surface area contributed by atoms with E-state index in [4.69, 9.17) is 0 Å². The Kier molecular flexibility index (Phi) is 2.20. The third-order valence-corrected chi connectivity index (χ3v) is 3.65. The van der Waals surface area contributed by atoms with Crippen molar-refractivity contribution < 1.29 is 9.90 Å². The molecule has 0 spiro atoms. The normalized spacial score (nSPS) is 18.8. The summed E-state index contributed by atoms with van der Waals surface area (Å²) in [6.45, 7) is 4.42. The van der Waals surface area contributed by atoms with Crippen molar-refractivity contribution in [1.29, 1.82) is 0 Å². The van der Waals surface area contributed by atoms with Gasteiger partial charge in [0.1, 0.15) is 11.0 Å². The molecule has 1 N–H and O–H groups in total. The minimum atomic E-state index is -0.928. The fourth-order valence-corrected chi connectivity index (χ4v) is 2.81. The molecule has 0 amide bonds. The number of carboxylic acids is 1. The molecule has 1 aromatic heterocycles. The number of aromatic nitrogens is 3. The molecule has 2 aromatic rings. The first-order valence-electron chi connectivity index (χ1n) is 6.05. The van der Waals surface area contributed by atoms with Gasteiger partial charge in [0, 0.05) is 0 Å². The lowest BCUT2D eigenvalue weighted by Gasteiger charge is -2.42.